The van der Waals surface area contributed by atoms with Gasteiger partial charge in [0.05, 0.1) is 7.11 Å². The molecule has 0 aliphatic carbocycles. The van der Waals surface area contributed by atoms with Gasteiger partial charge in [0.25, 0.3) is 0 Å². The summed E-state index contributed by atoms with van der Waals surface area (Å²) >= 11 is 0. The summed E-state index contributed by atoms with van der Waals surface area (Å²) < 4.78 is 4.75. The number of rotatable bonds is 5. The predicted octanol–water partition coefficient (Wildman–Crippen LogP) is 0.528. The fraction of sp³-hybridized carbons (Fsp3) is 0.571. The maximum absolute atomic E-state index is 11.6. The summed E-state index contributed by atoms with van der Waals surface area (Å²) in [5.41, 5.74) is 0.480. The largest absolute Gasteiger partial charge is 0.465 e. The Morgan fingerprint density at radius 1 is 1.40 bits per heavy atom. The van der Waals surface area contributed by atoms with Crippen LogP contribution in [0.2, 0.25) is 0 Å². The number of esters is 1. The lowest BCUT2D eigenvalue weighted by Gasteiger charge is -2.32. The lowest BCUT2D eigenvalue weighted by Crippen LogP contribution is -2.45. The number of carbonyl (C=O) groups excluding carboxylic acids is 1. The van der Waals surface area contributed by atoms with Crippen molar-refractivity contribution in [2.75, 3.05) is 58.7 Å². The van der Waals surface area contributed by atoms with Gasteiger partial charge in [0.1, 0.15) is 11.4 Å². The number of hydrogen-bond acceptors (Lipinski definition) is 6. The van der Waals surface area contributed by atoms with E-state index in [0.29, 0.717) is 11.4 Å². The fourth-order valence-electron chi connectivity index (χ4n) is 2.22. The maximum Gasteiger partial charge on any atom is 0.341 e. The molecule has 0 amide bonds. The molecule has 0 atom stereocenters. The van der Waals surface area contributed by atoms with E-state index in [1.165, 1.54) is 7.11 Å². The van der Waals surface area contributed by atoms with Crippen molar-refractivity contribution >= 4 is 11.8 Å². The van der Waals surface area contributed by atoms with Gasteiger partial charge in [0, 0.05) is 45.5 Å². The summed E-state index contributed by atoms with van der Waals surface area (Å²) in [4.78, 5) is 20.6. The number of nitrogens with one attached hydrogen (secondary N) is 1. The van der Waals surface area contributed by atoms with E-state index in [9.17, 15) is 4.79 Å². The van der Waals surface area contributed by atoms with Crippen molar-refractivity contribution in [3.05, 3.63) is 23.9 Å². The van der Waals surface area contributed by atoms with Crippen molar-refractivity contribution in [3.63, 3.8) is 0 Å². The summed E-state index contributed by atoms with van der Waals surface area (Å²) in [7, 11) is 3.52. The Labute approximate surface area is 119 Å². The molecular weight excluding hydrogens is 256 g/mol. The van der Waals surface area contributed by atoms with E-state index in [4.69, 9.17) is 4.74 Å². The van der Waals surface area contributed by atoms with E-state index in [0.717, 1.165) is 39.3 Å². The summed E-state index contributed by atoms with van der Waals surface area (Å²) in [6.45, 7) is 6.11. The zero-order valence-electron chi connectivity index (χ0n) is 12.1. The first-order valence-corrected chi connectivity index (χ1v) is 6.89. The van der Waals surface area contributed by atoms with Crippen molar-refractivity contribution in [1.82, 2.24) is 14.8 Å². The molecule has 0 bridgehead atoms. The zero-order valence-corrected chi connectivity index (χ0v) is 12.1. The van der Waals surface area contributed by atoms with Crippen molar-refractivity contribution in [3.8, 4) is 0 Å². The number of anilines is 1. The van der Waals surface area contributed by atoms with Crippen LogP contribution in [0.5, 0.6) is 0 Å². The summed E-state index contributed by atoms with van der Waals surface area (Å²) in [5.74, 6) is 0.230. The Morgan fingerprint density at radius 2 is 2.15 bits per heavy atom. The monoisotopic (exact) mass is 278 g/mol. The molecule has 0 spiro atoms. The zero-order chi connectivity index (χ0) is 14.4. The van der Waals surface area contributed by atoms with Gasteiger partial charge in [-0.1, -0.05) is 0 Å². The van der Waals surface area contributed by atoms with Gasteiger partial charge in [-0.25, -0.2) is 9.78 Å². The van der Waals surface area contributed by atoms with Crippen molar-refractivity contribution in [2.24, 2.45) is 0 Å². The molecule has 1 aliphatic rings. The second-order valence-electron chi connectivity index (χ2n) is 4.96. The SMILES string of the molecule is COC(=O)c1cccnc1NCCN1CCN(C)CC1. The topological polar surface area (TPSA) is 57.7 Å². The van der Waals surface area contributed by atoms with Crippen LogP contribution in [0.15, 0.2) is 18.3 Å². The molecule has 6 heteroatoms. The molecule has 2 rings (SSSR count). The van der Waals surface area contributed by atoms with Crippen molar-refractivity contribution in [2.45, 2.75) is 0 Å². The molecule has 110 valence electrons. The number of aromatic nitrogens is 1. The van der Waals surface area contributed by atoms with Gasteiger partial charge in [-0.05, 0) is 19.2 Å². The number of likely N-dealkylation sites (N-methyl/N-ethyl adjacent to an activating group) is 1. The molecule has 0 saturated carbocycles. The number of nitrogens with zero attached hydrogens (tertiary/aromatic N) is 3. The van der Waals surface area contributed by atoms with Crippen LogP contribution >= 0.6 is 0 Å². The first kappa shape index (κ1) is 14.7. The Balaban J connectivity index is 1.83. The van der Waals surface area contributed by atoms with E-state index < -0.39 is 0 Å². The van der Waals surface area contributed by atoms with Gasteiger partial charge in [-0.3, -0.25) is 4.90 Å². The van der Waals surface area contributed by atoms with Crippen LogP contribution in [-0.4, -0.2) is 74.2 Å². The molecule has 1 aliphatic heterocycles. The third-order valence-electron chi connectivity index (χ3n) is 3.53. The number of methoxy groups -OCH3 is 1. The van der Waals surface area contributed by atoms with Gasteiger partial charge in [0.15, 0.2) is 0 Å². The predicted molar refractivity (Wildman–Crippen MR) is 78.0 cm³/mol. The molecule has 0 aromatic carbocycles. The highest BCUT2D eigenvalue weighted by atomic mass is 16.5. The van der Waals surface area contributed by atoms with Crippen LogP contribution in [0.25, 0.3) is 0 Å². The smallest absolute Gasteiger partial charge is 0.341 e. The number of piperazine rings is 1. The third kappa shape index (κ3) is 3.91. The van der Waals surface area contributed by atoms with E-state index in [2.05, 4.69) is 27.1 Å². The molecule has 0 radical (unpaired) electrons. The molecule has 2 heterocycles. The van der Waals surface area contributed by atoms with E-state index in [1.807, 2.05) is 0 Å². The van der Waals surface area contributed by atoms with Gasteiger partial charge < -0.3 is 15.0 Å². The van der Waals surface area contributed by atoms with Crippen LogP contribution in [0.3, 0.4) is 0 Å². The lowest BCUT2D eigenvalue weighted by molar-refractivity contribution is 0.0601. The molecule has 0 unspecified atom stereocenters. The second kappa shape index (κ2) is 7.21. The van der Waals surface area contributed by atoms with E-state index in [1.54, 1.807) is 18.3 Å². The van der Waals surface area contributed by atoms with E-state index in [-0.39, 0.29) is 5.97 Å². The van der Waals surface area contributed by atoms with Crippen molar-refractivity contribution in [1.29, 1.82) is 0 Å². The van der Waals surface area contributed by atoms with Crippen LogP contribution in [-0.2, 0) is 4.74 Å². The third-order valence-corrected chi connectivity index (χ3v) is 3.53. The molecule has 6 nitrogen and oxygen atoms in total. The minimum absolute atomic E-state index is 0.361. The summed E-state index contributed by atoms with van der Waals surface area (Å²) in [5, 5.41) is 3.22. The Kier molecular flexibility index (Phi) is 5.31. The maximum atomic E-state index is 11.6. The van der Waals surface area contributed by atoms with Gasteiger partial charge in [-0.2, -0.15) is 0 Å². The standard InChI is InChI=1S/C14H22N4O2/c1-17-8-10-18(11-9-17)7-6-16-13-12(14(19)20-2)4-3-5-15-13/h3-5H,6-11H2,1-2H3,(H,15,16). The Bertz CT molecular complexity index is 445. The summed E-state index contributed by atoms with van der Waals surface area (Å²) in [6, 6.07) is 3.45. The number of carbonyl (C=O) groups is 1. The molecule has 1 aromatic heterocycles. The average Bonchev–Trinajstić information content (AvgIpc) is 2.49. The van der Waals surface area contributed by atoms with Crippen LogP contribution in [0, 0.1) is 0 Å². The minimum atomic E-state index is -0.361. The number of ether oxygens (including phenoxy) is 1. The lowest BCUT2D eigenvalue weighted by atomic mass is 10.2. The first-order chi connectivity index (χ1) is 9.70. The van der Waals surface area contributed by atoms with Gasteiger partial charge >= 0.3 is 5.97 Å². The van der Waals surface area contributed by atoms with Crippen LogP contribution in [0.1, 0.15) is 10.4 Å². The van der Waals surface area contributed by atoms with E-state index >= 15 is 0 Å². The van der Waals surface area contributed by atoms with Crippen molar-refractivity contribution < 1.29 is 9.53 Å². The van der Waals surface area contributed by atoms with Crippen LogP contribution < -0.4 is 5.32 Å². The Hall–Kier alpha value is -1.66. The quantitative estimate of drug-likeness (QED) is 0.793. The molecule has 1 aromatic rings. The van der Waals surface area contributed by atoms with Crippen LogP contribution in [0.4, 0.5) is 5.82 Å². The first-order valence-electron chi connectivity index (χ1n) is 6.89. The molecule has 1 fully saturated rings. The minimum Gasteiger partial charge on any atom is -0.465 e. The molecule has 1 saturated heterocycles. The molecular formula is C14H22N4O2. The number of pyridine rings is 1. The Morgan fingerprint density at radius 3 is 2.85 bits per heavy atom. The highest BCUT2D eigenvalue weighted by molar-refractivity contribution is 5.94. The molecule has 1 N–H and O–H groups in total. The van der Waals surface area contributed by atoms with Gasteiger partial charge in [-0.15, -0.1) is 0 Å². The highest BCUT2D eigenvalue weighted by Gasteiger charge is 2.14. The average molecular weight is 278 g/mol. The second-order valence-corrected chi connectivity index (χ2v) is 4.96. The molecule has 20 heavy (non-hydrogen) atoms. The highest BCUT2D eigenvalue weighted by Crippen LogP contribution is 2.12. The normalized spacial score (nSPS) is 16.9. The fourth-order valence-corrected chi connectivity index (χ4v) is 2.22. The van der Waals surface area contributed by atoms with Gasteiger partial charge in [0.2, 0.25) is 0 Å². The summed E-state index contributed by atoms with van der Waals surface area (Å²) in [6.07, 6.45) is 1.67. The number of hydrogen-bond donors (Lipinski definition) is 1.